The zero-order chi connectivity index (χ0) is 20.4. The van der Waals surface area contributed by atoms with Gasteiger partial charge in [-0.15, -0.1) is 6.58 Å². The second-order valence-corrected chi connectivity index (χ2v) is 8.12. The highest BCUT2D eigenvalue weighted by molar-refractivity contribution is 5.84. The number of ether oxygens (including phenoxy) is 1. The number of aliphatic carboxylic acids is 1. The van der Waals surface area contributed by atoms with Gasteiger partial charge in [-0.05, 0) is 67.5 Å². The van der Waals surface area contributed by atoms with Gasteiger partial charge >= 0.3 is 5.97 Å². The number of rotatable bonds is 8. The Bertz CT molecular complexity index is 900. The third-order valence-corrected chi connectivity index (χ3v) is 6.39. The van der Waals surface area contributed by atoms with E-state index in [0.29, 0.717) is 30.6 Å². The van der Waals surface area contributed by atoms with Gasteiger partial charge in [0.15, 0.2) is 0 Å². The molecule has 0 aliphatic carbocycles. The molecule has 1 aromatic carbocycles. The van der Waals surface area contributed by atoms with E-state index in [4.69, 9.17) is 9.84 Å². The number of nitrogens with zero attached hydrogens (tertiary/aromatic N) is 2. The molecule has 0 radical (unpaired) electrons. The SMILES string of the molecule is C=C[C@H]1CN2CC[C@H]1C[C@@H]2[C@@H](O)c1ccnc2ccc(OCCCC(=O)O)cc12. The predicted molar refractivity (Wildman–Crippen MR) is 111 cm³/mol. The lowest BCUT2D eigenvalue weighted by molar-refractivity contribution is -0.137. The predicted octanol–water partition coefficient (Wildman–Crippen LogP) is 3.41. The van der Waals surface area contributed by atoms with Gasteiger partial charge in [-0.25, -0.2) is 0 Å². The minimum absolute atomic E-state index is 0.0868. The Labute approximate surface area is 170 Å². The summed E-state index contributed by atoms with van der Waals surface area (Å²) in [6.07, 6.45) is 5.92. The fourth-order valence-corrected chi connectivity index (χ4v) is 4.82. The van der Waals surface area contributed by atoms with Crippen LogP contribution in [0, 0.1) is 11.8 Å². The minimum atomic E-state index is -0.822. The molecule has 3 aliphatic rings. The molecule has 3 saturated heterocycles. The molecule has 1 unspecified atom stereocenters. The van der Waals surface area contributed by atoms with Gasteiger partial charge in [0.1, 0.15) is 5.75 Å². The Hall–Kier alpha value is -2.44. The van der Waals surface area contributed by atoms with Gasteiger partial charge in [0.05, 0.1) is 18.2 Å². The molecule has 29 heavy (non-hydrogen) atoms. The number of carboxylic acids is 1. The van der Waals surface area contributed by atoms with E-state index >= 15 is 0 Å². The van der Waals surface area contributed by atoms with E-state index in [-0.39, 0.29) is 12.5 Å². The van der Waals surface area contributed by atoms with Gasteiger partial charge < -0.3 is 14.9 Å². The van der Waals surface area contributed by atoms with Crippen molar-refractivity contribution >= 4 is 16.9 Å². The van der Waals surface area contributed by atoms with Gasteiger partial charge in [-0.3, -0.25) is 14.7 Å². The maximum atomic E-state index is 11.3. The number of carbonyl (C=O) groups is 1. The molecule has 0 spiro atoms. The third-order valence-electron chi connectivity index (χ3n) is 6.39. The van der Waals surface area contributed by atoms with Crippen molar-refractivity contribution in [2.75, 3.05) is 19.7 Å². The first-order valence-corrected chi connectivity index (χ1v) is 10.3. The lowest BCUT2D eigenvalue weighted by Crippen LogP contribution is -2.54. The molecule has 4 heterocycles. The first-order chi connectivity index (χ1) is 14.1. The highest BCUT2D eigenvalue weighted by Gasteiger charge is 2.42. The van der Waals surface area contributed by atoms with Crippen molar-refractivity contribution in [2.24, 2.45) is 11.8 Å². The summed E-state index contributed by atoms with van der Waals surface area (Å²) >= 11 is 0. The number of pyridine rings is 1. The molecule has 0 amide bonds. The molecule has 154 valence electrons. The molecule has 0 saturated carbocycles. The van der Waals surface area contributed by atoms with Crippen molar-refractivity contribution in [1.82, 2.24) is 9.88 Å². The van der Waals surface area contributed by atoms with Crippen molar-refractivity contribution in [3.63, 3.8) is 0 Å². The zero-order valence-electron chi connectivity index (χ0n) is 16.5. The van der Waals surface area contributed by atoms with Crippen LogP contribution in [0.1, 0.15) is 37.4 Å². The highest BCUT2D eigenvalue weighted by atomic mass is 16.5. The summed E-state index contributed by atoms with van der Waals surface area (Å²) in [5.41, 5.74) is 1.69. The summed E-state index contributed by atoms with van der Waals surface area (Å²) in [5, 5.41) is 20.9. The number of aliphatic hydroxyl groups is 1. The molecule has 6 heteroatoms. The van der Waals surface area contributed by atoms with E-state index in [1.807, 2.05) is 24.3 Å². The molecule has 2 N–H and O–H groups in total. The van der Waals surface area contributed by atoms with Crippen molar-refractivity contribution in [2.45, 2.75) is 37.8 Å². The van der Waals surface area contributed by atoms with E-state index < -0.39 is 12.1 Å². The average Bonchev–Trinajstić information content (AvgIpc) is 2.75. The molecule has 2 bridgehead atoms. The van der Waals surface area contributed by atoms with Crippen LogP contribution in [0.2, 0.25) is 0 Å². The molecule has 3 aliphatic heterocycles. The Morgan fingerprint density at radius 3 is 3.00 bits per heavy atom. The van der Waals surface area contributed by atoms with E-state index in [1.54, 1.807) is 6.20 Å². The Morgan fingerprint density at radius 1 is 1.41 bits per heavy atom. The number of hydrogen-bond acceptors (Lipinski definition) is 5. The molecular weight excluding hydrogens is 368 g/mol. The first kappa shape index (κ1) is 19.9. The number of hydrogen-bond donors (Lipinski definition) is 2. The summed E-state index contributed by atoms with van der Waals surface area (Å²) in [6.45, 7) is 6.32. The number of piperidine rings is 3. The van der Waals surface area contributed by atoms with E-state index in [9.17, 15) is 9.90 Å². The van der Waals surface area contributed by atoms with Gasteiger partial charge in [-0.1, -0.05) is 6.08 Å². The maximum absolute atomic E-state index is 11.3. The lowest BCUT2D eigenvalue weighted by atomic mass is 9.73. The molecule has 5 atom stereocenters. The van der Waals surface area contributed by atoms with Crippen LogP contribution in [-0.2, 0) is 4.79 Å². The second-order valence-electron chi connectivity index (χ2n) is 8.12. The normalized spacial score (nSPS) is 26.9. The number of carboxylic acid groups (broad SMARTS) is 1. The van der Waals surface area contributed by atoms with Gasteiger partial charge in [0, 0.05) is 30.6 Å². The van der Waals surface area contributed by atoms with Crippen LogP contribution in [0.3, 0.4) is 0 Å². The van der Waals surface area contributed by atoms with Crippen LogP contribution in [0.15, 0.2) is 43.1 Å². The van der Waals surface area contributed by atoms with Crippen LogP contribution >= 0.6 is 0 Å². The van der Waals surface area contributed by atoms with E-state index in [2.05, 4.69) is 22.5 Å². The monoisotopic (exact) mass is 396 g/mol. The van der Waals surface area contributed by atoms with E-state index in [1.165, 1.54) is 6.42 Å². The van der Waals surface area contributed by atoms with Crippen molar-refractivity contribution in [1.29, 1.82) is 0 Å². The minimum Gasteiger partial charge on any atom is -0.494 e. The Morgan fingerprint density at radius 2 is 2.28 bits per heavy atom. The number of aromatic nitrogens is 1. The smallest absolute Gasteiger partial charge is 0.303 e. The summed E-state index contributed by atoms with van der Waals surface area (Å²) < 4.78 is 5.73. The van der Waals surface area contributed by atoms with Crippen molar-refractivity contribution in [3.8, 4) is 5.75 Å². The molecule has 2 aromatic rings. The first-order valence-electron chi connectivity index (χ1n) is 10.3. The summed E-state index contributed by atoms with van der Waals surface area (Å²) in [6, 6.07) is 7.64. The number of fused-ring (bicyclic) bond motifs is 4. The summed E-state index contributed by atoms with van der Waals surface area (Å²) in [5.74, 6) is 0.962. The van der Waals surface area contributed by atoms with Gasteiger partial charge in [-0.2, -0.15) is 0 Å². The Balaban J connectivity index is 1.54. The van der Waals surface area contributed by atoms with Crippen molar-refractivity contribution < 1.29 is 19.7 Å². The topological polar surface area (TPSA) is 82.9 Å². The van der Waals surface area contributed by atoms with Crippen molar-refractivity contribution in [3.05, 3.63) is 48.7 Å². The summed E-state index contributed by atoms with van der Waals surface area (Å²) in [4.78, 5) is 17.5. The largest absolute Gasteiger partial charge is 0.494 e. The molecule has 3 fully saturated rings. The second kappa shape index (κ2) is 8.51. The standard InChI is InChI=1S/C23H28N2O4/c1-2-15-14-25-10-8-16(15)12-21(25)23(28)18-7-9-24-20-6-5-17(13-19(18)20)29-11-3-4-22(26)27/h2,5-7,9,13,15-16,21,23,28H,1,3-4,8,10-12,14H2,(H,26,27)/t15-,16-,21+,23-/m0/s1. The fraction of sp³-hybridized carbons (Fsp3) is 0.478. The highest BCUT2D eigenvalue weighted by Crippen LogP contribution is 2.42. The van der Waals surface area contributed by atoms with Crippen LogP contribution in [0.4, 0.5) is 0 Å². The molecule has 1 aromatic heterocycles. The average molecular weight is 396 g/mol. The number of benzene rings is 1. The van der Waals surface area contributed by atoms with Gasteiger partial charge in [0.2, 0.25) is 0 Å². The molecular formula is C23H28N2O4. The van der Waals surface area contributed by atoms with Gasteiger partial charge in [0.25, 0.3) is 0 Å². The fourth-order valence-electron chi connectivity index (χ4n) is 4.82. The van der Waals surface area contributed by atoms with Crippen LogP contribution in [-0.4, -0.2) is 51.8 Å². The van der Waals surface area contributed by atoms with Crippen LogP contribution in [0.25, 0.3) is 10.9 Å². The lowest BCUT2D eigenvalue weighted by Gasteiger charge is -2.50. The zero-order valence-corrected chi connectivity index (χ0v) is 16.5. The molecule has 6 nitrogen and oxygen atoms in total. The van der Waals surface area contributed by atoms with Crippen LogP contribution in [0.5, 0.6) is 5.75 Å². The number of aliphatic hydroxyl groups excluding tert-OH is 1. The Kier molecular flexibility index (Phi) is 5.83. The quantitative estimate of drug-likeness (QED) is 0.526. The summed E-state index contributed by atoms with van der Waals surface area (Å²) in [7, 11) is 0. The maximum Gasteiger partial charge on any atom is 0.303 e. The van der Waals surface area contributed by atoms with Crippen LogP contribution < -0.4 is 4.74 Å². The molecule has 5 rings (SSSR count). The van der Waals surface area contributed by atoms with E-state index in [0.717, 1.165) is 36.0 Å². The third kappa shape index (κ3) is 4.14.